The van der Waals surface area contributed by atoms with Gasteiger partial charge in [0.15, 0.2) is 0 Å². The van der Waals surface area contributed by atoms with Crippen molar-refractivity contribution in [2.24, 2.45) is 0 Å². The molecule has 0 aliphatic rings. The van der Waals surface area contributed by atoms with Crippen molar-refractivity contribution in [3.63, 3.8) is 0 Å². The van der Waals surface area contributed by atoms with Crippen LogP contribution in [-0.2, 0) is 16.5 Å². The van der Waals surface area contributed by atoms with Crippen LogP contribution in [-0.4, -0.2) is 0 Å². The van der Waals surface area contributed by atoms with Gasteiger partial charge in [0.2, 0.25) is 0 Å². The minimum atomic E-state index is 0. The van der Waals surface area contributed by atoms with Crippen molar-refractivity contribution in [3.05, 3.63) is 0 Å². The van der Waals surface area contributed by atoms with Gasteiger partial charge in [-0.3, -0.25) is 0 Å². The zero-order valence-corrected chi connectivity index (χ0v) is 5.58. The van der Waals surface area contributed by atoms with E-state index >= 15 is 0 Å². The zero-order chi connectivity index (χ0) is 4.00. The van der Waals surface area contributed by atoms with Gasteiger partial charge in [-0.1, -0.05) is 0 Å². The molecule has 0 aliphatic carbocycles. The molecule has 0 saturated carbocycles. The van der Waals surface area contributed by atoms with Gasteiger partial charge in [0.25, 0.3) is 0 Å². The van der Waals surface area contributed by atoms with E-state index < -0.39 is 0 Å². The first-order valence-corrected chi connectivity index (χ1v) is 1.41. The van der Waals surface area contributed by atoms with Gasteiger partial charge in [-0.25, -0.2) is 18.9 Å². The van der Waals surface area contributed by atoms with E-state index in [2.05, 4.69) is 0 Å². The molecule has 0 rings (SSSR count). The van der Waals surface area contributed by atoms with E-state index in [0.29, 0.717) is 0 Å². The fourth-order valence-electron chi connectivity index (χ4n) is 0. The maximum absolute atomic E-state index is 8.17. The summed E-state index contributed by atoms with van der Waals surface area (Å²) in [6, 6.07) is 0. The molecule has 2 unspecified atom stereocenters. The van der Waals surface area contributed by atoms with Crippen molar-refractivity contribution < 1.29 is 26.3 Å². The minimum Gasteiger partial charge on any atom is -0.834 e. The van der Waals surface area contributed by atoms with E-state index in [1.165, 1.54) is 18.9 Å². The van der Waals surface area contributed by atoms with Crippen LogP contribution in [0.1, 0.15) is 0 Å². The molecule has 0 aliphatic heterocycles. The summed E-state index contributed by atoms with van der Waals surface area (Å²) in [7, 11) is 2.33. The first kappa shape index (κ1) is 16.3. The van der Waals surface area contributed by atoms with Crippen LogP contribution in [0.3, 0.4) is 0 Å². The summed E-state index contributed by atoms with van der Waals surface area (Å²) < 4.78 is 0. The molecule has 2 atom stereocenters. The second-order valence-electron chi connectivity index (χ2n) is 0. The normalized spacial score (nSPS) is 2.40. The Morgan fingerprint density at radius 1 is 0.800 bits per heavy atom. The molecule has 36 valence electrons. The van der Waals surface area contributed by atoms with Gasteiger partial charge in [0, 0.05) is 0 Å². The largest absolute Gasteiger partial charge is 2.00 e. The standard InChI is InChI=1S/Ni.2H2OP/c;2*1-2/h;2*2H2/q+2;2*-1. The third-order valence-corrected chi connectivity index (χ3v) is 0. The molecule has 0 fully saturated rings. The molecule has 0 aromatic rings. The molecule has 5 heteroatoms. The van der Waals surface area contributed by atoms with Gasteiger partial charge in [0.05, 0.1) is 0 Å². The molecule has 0 radical (unpaired) electrons. The van der Waals surface area contributed by atoms with E-state index in [-0.39, 0.29) is 16.5 Å². The Kier molecular flexibility index (Phi) is 193. The molecular weight excluding hydrogens is 153 g/mol. The van der Waals surface area contributed by atoms with Crippen molar-refractivity contribution in [2.75, 3.05) is 0 Å². The third-order valence-electron chi connectivity index (χ3n) is 0. The average molecular weight is 157 g/mol. The van der Waals surface area contributed by atoms with E-state index in [0.717, 1.165) is 0 Å². The molecule has 5 heavy (non-hydrogen) atoms. The van der Waals surface area contributed by atoms with Crippen LogP contribution in [0.2, 0.25) is 0 Å². The smallest absolute Gasteiger partial charge is 0.834 e. The third kappa shape index (κ3) is 34.8. The number of hydrogen-bond donors (Lipinski definition) is 0. The summed E-state index contributed by atoms with van der Waals surface area (Å²) in [6.07, 6.45) is 0. The maximum atomic E-state index is 8.17. The monoisotopic (exact) mass is 156 g/mol. The summed E-state index contributed by atoms with van der Waals surface area (Å²) in [5.74, 6) is 0. The summed E-state index contributed by atoms with van der Waals surface area (Å²) in [5, 5.41) is 0. The predicted molar refractivity (Wildman–Crippen MR) is 19.4 cm³/mol. The van der Waals surface area contributed by atoms with Gasteiger partial charge < -0.3 is 9.79 Å². The van der Waals surface area contributed by atoms with Crippen LogP contribution in [0.15, 0.2) is 0 Å². The SMILES string of the molecule is [Ni+2].[O-]P.[O-]P. The van der Waals surface area contributed by atoms with Gasteiger partial charge in [-0.15, -0.1) is 0 Å². The Balaban J connectivity index is -0.0000000133. The van der Waals surface area contributed by atoms with Crippen molar-refractivity contribution >= 4 is 18.9 Å². The van der Waals surface area contributed by atoms with Gasteiger partial charge in [-0.2, -0.15) is 0 Å². The second kappa shape index (κ2) is 59.4. The topological polar surface area (TPSA) is 46.1 Å². The summed E-state index contributed by atoms with van der Waals surface area (Å²) >= 11 is 0. The Morgan fingerprint density at radius 3 is 0.800 bits per heavy atom. The second-order valence-corrected chi connectivity index (χ2v) is 0. The fourth-order valence-corrected chi connectivity index (χ4v) is 0. The molecule has 0 saturated heterocycles. The van der Waals surface area contributed by atoms with Crippen LogP contribution >= 0.6 is 18.9 Å². The minimum absolute atomic E-state index is 0. The van der Waals surface area contributed by atoms with Crippen LogP contribution in [0.25, 0.3) is 0 Å². The van der Waals surface area contributed by atoms with Crippen molar-refractivity contribution in [2.45, 2.75) is 0 Å². The van der Waals surface area contributed by atoms with Crippen LogP contribution in [0.5, 0.6) is 0 Å². The Bertz CT molecular complexity index is 7.61. The maximum Gasteiger partial charge on any atom is 2.00 e. The quantitative estimate of drug-likeness (QED) is 0.309. The van der Waals surface area contributed by atoms with Gasteiger partial charge >= 0.3 is 16.5 Å². The van der Waals surface area contributed by atoms with Crippen LogP contribution in [0.4, 0.5) is 0 Å². The van der Waals surface area contributed by atoms with Gasteiger partial charge in [-0.05, 0) is 0 Å². The molecule has 0 spiro atoms. The first-order chi connectivity index (χ1) is 2.00. The molecule has 2 nitrogen and oxygen atoms in total. The summed E-state index contributed by atoms with van der Waals surface area (Å²) in [6.45, 7) is 0. The molecule has 0 aromatic heterocycles. The summed E-state index contributed by atoms with van der Waals surface area (Å²) in [5.41, 5.74) is 0. The first-order valence-electron chi connectivity index (χ1n) is 0.471. The Labute approximate surface area is 45.8 Å². The van der Waals surface area contributed by atoms with Crippen LogP contribution < -0.4 is 9.79 Å². The van der Waals surface area contributed by atoms with E-state index in [4.69, 9.17) is 9.79 Å². The Hall–Kier alpha value is 1.27. The van der Waals surface area contributed by atoms with Crippen molar-refractivity contribution in [1.29, 1.82) is 0 Å². The van der Waals surface area contributed by atoms with Gasteiger partial charge in [0.1, 0.15) is 0 Å². The number of hydrogen-bond acceptors (Lipinski definition) is 2. The molecule has 0 N–H and O–H groups in total. The molecule has 0 aromatic carbocycles. The molecule has 0 bridgehead atoms. The molecular formula is H4NiO2P2. The van der Waals surface area contributed by atoms with E-state index in [1.807, 2.05) is 0 Å². The van der Waals surface area contributed by atoms with Crippen molar-refractivity contribution in [1.82, 2.24) is 0 Å². The zero-order valence-electron chi connectivity index (χ0n) is 2.29. The predicted octanol–water partition coefficient (Wildman–Crippen LogP) is -1.73. The summed E-state index contributed by atoms with van der Waals surface area (Å²) in [4.78, 5) is 16.3. The molecule has 0 amide bonds. The Morgan fingerprint density at radius 2 is 0.800 bits per heavy atom. The fraction of sp³-hybridized carbons (Fsp3) is 0. The average Bonchev–Trinajstić information content (AvgIpc) is 1.50. The number of rotatable bonds is 0. The van der Waals surface area contributed by atoms with E-state index in [9.17, 15) is 0 Å². The molecule has 0 heterocycles. The van der Waals surface area contributed by atoms with E-state index in [1.54, 1.807) is 0 Å². The van der Waals surface area contributed by atoms with Crippen LogP contribution in [0, 0.1) is 0 Å². The van der Waals surface area contributed by atoms with Crippen molar-refractivity contribution in [3.8, 4) is 0 Å².